The van der Waals surface area contributed by atoms with E-state index in [1.54, 1.807) is 0 Å². The molecule has 0 aliphatic carbocycles. The first kappa shape index (κ1) is 13.4. The molecule has 0 aromatic heterocycles. The molecule has 0 bridgehead atoms. The van der Waals surface area contributed by atoms with Gasteiger partial charge in [0.25, 0.3) is 0 Å². The van der Waals surface area contributed by atoms with E-state index in [9.17, 15) is 5.11 Å². The molecule has 2 nitrogen and oxygen atoms in total. The van der Waals surface area contributed by atoms with Gasteiger partial charge in [0, 0.05) is 22.3 Å². The molecule has 0 spiro atoms. The number of hydrogen-bond donors (Lipinski definition) is 2. The second kappa shape index (κ2) is 5.76. The van der Waals surface area contributed by atoms with Crippen LogP contribution in [0.15, 0.2) is 45.3 Å². The summed E-state index contributed by atoms with van der Waals surface area (Å²) in [5, 5.41) is 13.2. The van der Waals surface area contributed by atoms with Gasteiger partial charge in [0.15, 0.2) is 0 Å². The van der Waals surface area contributed by atoms with Gasteiger partial charge in [-0.2, -0.15) is 0 Å². The van der Waals surface area contributed by atoms with E-state index < -0.39 is 0 Å². The molecule has 2 N–H and O–H groups in total. The van der Waals surface area contributed by atoms with Gasteiger partial charge in [-0.3, -0.25) is 0 Å². The van der Waals surface area contributed by atoms with Crippen molar-refractivity contribution in [1.29, 1.82) is 0 Å². The Labute approximate surface area is 123 Å². The molecule has 94 valence electrons. The van der Waals surface area contributed by atoms with Crippen molar-refractivity contribution in [2.75, 3.05) is 5.32 Å². The Kier molecular flexibility index (Phi) is 4.30. The van der Waals surface area contributed by atoms with Crippen LogP contribution < -0.4 is 5.32 Å². The number of aryl methyl sites for hydroxylation is 1. The predicted octanol–water partition coefficient (Wildman–Crippen LogP) is 4.84. The molecule has 0 heterocycles. The number of benzene rings is 2. The van der Waals surface area contributed by atoms with Gasteiger partial charge >= 0.3 is 0 Å². The Morgan fingerprint density at radius 3 is 2.67 bits per heavy atom. The van der Waals surface area contributed by atoms with Crippen molar-refractivity contribution < 1.29 is 5.11 Å². The normalized spacial score (nSPS) is 10.4. The van der Waals surface area contributed by atoms with Crippen LogP contribution in [-0.2, 0) is 6.54 Å². The van der Waals surface area contributed by atoms with E-state index >= 15 is 0 Å². The first-order valence-corrected chi connectivity index (χ1v) is 7.12. The molecule has 0 amide bonds. The number of phenolic OH excluding ortho intramolecular Hbond substituents is 1. The first-order valence-electron chi connectivity index (χ1n) is 5.53. The molecule has 0 atom stereocenters. The average molecular weight is 371 g/mol. The smallest absolute Gasteiger partial charge is 0.134 e. The lowest BCUT2D eigenvalue weighted by Gasteiger charge is -2.10. The van der Waals surface area contributed by atoms with Crippen LogP contribution in [0.5, 0.6) is 5.75 Å². The van der Waals surface area contributed by atoms with Crippen LogP contribution in [0.3, 0.4) is 0 Å². The Morgan fingerprint density at radius 2 is 1.94 bits per heavy atom. The maximum Gasteiger partial charge on any atom is 0.134 e. The Morgan fingerprint density at radius 1 is 1.17 bits per heavy atom. The molecule has 2 rings (SSSR count). The minimum atomic E-state index is 0.289. The molecule has 0 radical (unpaired) electrons. The predicted molar refractivity (Wildman–Crippen MR) is 82.0 cm³/mol. The molecule has 2 aromatic rings. The van der Waals surface area contributed by atoms with Crippen LogP contribution in [-0.4, -0.2) is 5.11 Å². The molecule has 0 aliphatic heterocycles. The van der Waals surface area contributed by atoms with Gasteiger partial charge in [-0.05, 0) is 52.7 Å². The second-order valence-electron chi connectivity index (χ2n) is 4.12. The molecule has 0 fully saturated rings. The molecule has 4 heteroatoms. The number of aromatic hydroxyl groups is 1. The fraction of sp³-hybridized carbons (Fsp3) is 0.143. The third-order valence-corrected chi connectivity index (χ3v) is 3.69. The van der Waals surface area contributed by atoms with Gasteiger partial charge in [0.2, 0.25) is 0 Å². The molecular weight excluding hydrogens is 358 g/mol. The monoisotopic (exact) mass is 369 g/mol. The van der Waals surface area contributed by atoms with Crippen molar-refractivity contribution in [2.24, 2.45) is 0 Å². The van der Waals surface area contributed by atoms with E-state index in [-0.39, 0.29) is 5.75 Å². The third-order valence-electron chi connectivity index (χ3n) is 2.60. The van der Waals surface area contributed by atoms with Gasteiger partial charge in [-0.25, -0.2) is 0 Å². The highest BCUT2D eigenvalue weighted by molar-refractivity contribution is 9.10. The summed E-state index contributed by atoms with van der Waals surface area (Å²) in [6, 6.07) is 11.8. The van der Waals surface area contributed by atoms with Crippen LogP contribution in [0, 0.1) is 6.92 Å². The summed E-state index contributed by atoms with van der Waals surface area (Å²) in [7, 11) is 0. The van der Waals surface area contributed by atoms with Crippen molar-refractivity contribution in [3.8, 4) is 5.75 Å². The summed E-state index contributed by atoms with van der Waals surface area (Å²) in [6.07, 6.45) is 0. The van der Waals surface area contributed by atoms with Crippen LogP contribution in [0.2, 0.25) is 0 Å². The number of nitrogens with one attached hydrogen (secondary N) is 1. The first-order chi connectivity index (χ1) is 8.56. The number of phenols is 1. The lowest BCUT2D eigenvalue weighted by atomic mass is 10.2. The van der Waals surface area contributed by atoms with Crippen LogP contribution in [0.1, 0.15) is 11.1 Å². The van der Waals surface area contributed by atoms with E-state index in [1.807, 2.05) is 31.2 Å². The summed E-state index contributed by atoms with van der Waals surface area (Å²) >= 11 is 6.78. The fourth-order valence-electron chi connectivity index (χ4n) is 1.74. The van der Waals surface area contributed by atoms with Crippen LogP contribution in [0.4, 0.5) is 5.69 Å². The van der Waals surface area contributed by atoms with Crippen LogP contribution in [0.25, 0.3) is 0 Å². The summed E-state index contributed by atoms with van der Waals surface area (Å²) in [4.78, 5) is 0. The number of anilines is 1. The largest absolute Gasteiger partial charge is 0.506 e. The summed E-state index contributed by atoms with van der Waals surface area (Å²) < 4.78 is 1.76. The highest BCUT2D eigenvalue weighted by Gasteiger charge is 2.04. The summed E-state index contributed by atoms with van der Waals surface area (Å²) in [6.45, 7) is 2.63. The number of hydrogen-bond acceptors (Lipinski definition) is 2. The molecule has 2 aromatic carbocycles. The Bertz CT molecular complexity index is 549. The van der Waals surface area contributed by atoms with Gasteiger partial charge in [0.05, 0.1) is 4.47 Å². The van der Waals surface area contributed by atoms with Crippen molar-refractivity contribution >= 4 is 37.5 Å². The maximum atomic E-state index is 9.89. The van der Waals surface area contributed by atoms with E-state index in [4.69, 9.17) is 0 Å². The number of halogens is 2. The topological polar surface area (TPSA) is 32.3 Å². The van der Waals surface area contributed by atoms with E-state index in [1.165, 1.54) is 5.56 Å². The molecule has 0 saturated heterocycles. The zero-order chi connectivity index (χ0) is 13.1. The van der Waals surface area contributed by atoms with E-state index in [2.05, 4.69) is 49.3 Å². The van der Waals surface area contributed by atoms with Crippen molar-refractivity contribution in [3.05, 3.63) is 56.5 Å². The maximum absolute atomic E-state index is 9.89. The lowest BCUT2D eigenvalue weighted by Crippen LogP contribution is -2.00. The van der Waals surface area contributed by atoms with Crippen molar-refractivity contribution in [1.82, 2.24) is 0 Å². The third kappa shape index (κ3) is 3.27. The molecular formula is C14H13Br2NO. The summed E-state index contributed by atoms with van der Waals surface area (Å²) in [5.41, 5.74) is 3.08. The van der Waals surface area contributed by atoms with Gasteiger partial charge < -0.3 is 10.4 Å². The lowest BCUT2D eigenvalue weighted by molar-refractivity contribution is 0.465. The van der Waals surface area contributed by atoms with Gasteiger partial charge in [0.1, 0.15) is 5.75 Å². The zero-order valence-electron chi connectivity index (χ0n) is 9.87. The Hall–Kier alpha value is -1.00. The summed E-state index contributed by atoms with van der Waals surface area (Å²) in [5.74, 6) is 0.289. The Balaban J connectivity index is 2.14. The molecule has 0 aliphatic rings. The standard InChI is InChI=1S/C14H13Br2NO/c1-9-5-11(15)7-12(6-9)17-8-10-3-2-4-13(16)14(10)18/h2-7,17-18H,8H2,1H3. The second-order valence-corrected chi connectivity index (χ2v) is 5.89. The van der Waals surface area contributed by atoms with E-state index in [0.29, 0.717) is 11.0 Å². The van der Waals surface area contributed by atoms with E-state index in [0.717, 1.165) is 15.7 Å². The number of para-hydroxylation sites is 1. The van der Waals surface area contributed by atoms with Crippen molar-refractivity contribution in [3.63, 3.8) is 0 Å². The quantitative estimate of drug-likeness (QED) is 0.810. The van der Waals surface area contributed by atoms with Gasteiger partial charge in [-0.1, -0.05) is 28.1 Å². The number of rotatable bonds is 3. The minimum Gasteiger partial charge on any atom is -0.506 e. The van der Waals surface area contributed by atoms with Crippen LogP contribution >= 0.6 is 31.9 Å². The average Bonchev–Trinajstić information content (AvgIpc) is 2.30. The fourth-order valence-corrected chi connectivity index (χ4v) is 2.75. The highest BCUT2D eigenvalue weighted by Crippen LogP contribution is 2.28. The minimum absolute atomic E-state index is 0.289. The highest BCUT2D eigenvalue weighted by atomic mass is 79.9. The SMILES string of the molecule is Cc1cc(Br)cc(NCc2cccc(Br)c2O)c1. The van der Waals surface area contributed by atoms with Gasteiger partial charge in [-0.15, -0.1) is 0 Å². The van der Waals surface area contributed by atoms with Crippen molar-refractivity contribution in [2.45, 2.75) is 13.5 Å². The molecule has 0 saturated carbocycles. The molecule has 0 unspecified atom stereocenters. The zero-order valence-corrected chi connectivity index (χ0v) is 13.0. The molecule has 18 heavy (non-hydrogen) atoms.